The smallest absolute Gasteiger partial charge is 0.303 e. The number of aliphatic hydroxyl groups excluding tert-OH is 1. The first-order valence-corrected chi connectivity index (χ1v) is 13.9. The first kappa shape index (κ1) is 25.9. The van der Waals surface area contributed by atoms with Crippen molar-refractivity contribution < 1.29 is 19.8 Å². The summed E-state index contributed by atoms with van der Waals surface area (Å²) >= 11 is 0. The number of likely N-dealkylation sites (tertiary alicyclic amines) is 1. The Labute approximate surface area is 206 Å². The third-order valence-corrected chi connectivity index (χ3v) is 10.9. The highest BCUT2D eigenvalue weighted by Gasteiger charge is 2.62. The van der Waals surface area contributed by atoms with Gasteiger partial charge in [0.2, 0.25) is 5.91 Å². The van der Waals surface area contributed by atoms with Crippen molar-refractivity contribution in [3.63, 3.8) is 0 Å². The van der Waals surface area contributed by atoms with Gasteiger partial charge < -0.3 is 20.8 Å². The molecule has 0 bridgehead atoms. The number of piperidine rings is 1. The number of carbonyl (C=O) groups excluding carboxylic acids is 1. The molecule has 0 aromatic rings. The topological polar surface area (TPSA) is 104 Å². The van der Waals surface area contributed by atoms with Crippen molar-refractivity contribution in [2.45, 2.75) is 104 Å². The fraction of sp³-hybridized carbons (Fsp3) is 0.929. The molecule has 6 nitrogen and oxygen atoms in total. The molecule has 1 amide bonds. The molecule has 3 aliphatic carbocycles. The Morgan fingerprint density at radius 3 is 2.47 bits per heavy atom. The van der Waals surface area contributed by atoms with E-state index in [-0.39, 0.29) is 29.3 Å². The van der Waals surface area contributed by atoms with Crippen molar-refractivity contribution in [2.24, 2.45) is 52.1 Å². The normalized spacial score (nSPS) is 42.6. The molecule has 0 spiro atoms. The number of hydrogen-bond acceptors (Lipinski definition) is 4. The minimum atomic E-state index is -0.694. The molecule has 1 heterocycles. The van der Waals surface area contributed by atoms with Crippen LogP contribution in [0.4, 0.5) is 0 Å². The van der Waals surface area contributed by atoms with Crippen molar-refractivity contribution >= 4 is 11.9 Å². The molecule has 1 aliphatic heterocycles. The zero-order valence-corrected chi connectivity index (χ0v) is 21.8. The van der Waals surface area contributed by atoms with Crippen LogP contribution in [-0.4, -0.2) is 52.2 Å². The second-order valence-corrected chi connectivity index (χ2v) is 13.2. The van der Waals surface area contributed by atoms with Gasteiger partial charge in [-0.3, -0.25) is 9.59 Å². The standard InChI is InChI=1S/C28H48N2O4/c1-17(2)14-22(29)26(34)30-13-12-28(4)19(16-30)15-23(31)25-20-9-8-18(6-5-7-24(32)33)27(20,3)11-10-21(25)28/h17-23,25,31H,5-16,29H2,1-4H3,(H,32,33). The van der Waals surface area contributed by atoms with Gasteiger partial charge in [0.05, 0.1) is 12.1 Å². The van der Waals surface area contributed by atoms with E-state index < -0.39 is 12.0 Å². The monoisotopic (exact) mass is 476 g/mol. The number of carbonyl (C=O) groups is 2. The molecular weight excluding hydrogens is 428 g/mol. The zero-order chi connectivity index (χ0) is 24.8. The number of rotatable bonds is 7. The number of nitrogens with two attached hydrogens (primary N) is 1. The molecule has 34 heavy (non-hydrogen) atoms. The number of carboxylic acids is 1. The van der Waals surface area contributed by atoms with Crippen molar-refractivity contribution in [3.8, 4) is 0 Å². The zero-order valence-electron chi connectivity index (χ0n) is 21.8. The first-order valence-electron chi connectivity index (χ1n) is 13.9. The molecule has 4 aliphatic rings. The highest BCUT2D eigenvalue weighted by molar-refractivity contribution is 5.81. The van der Waals surface area contributed by atoms with Crippen LogP contribution < -0.4 is 5.73 Å². The van der Waals surface area contributed by atoms with E-state index in [0.717, 1.165) is 51.6 Å². The van der Waals surface area contributed by atoms with Crippen LogP contribution in [0.1, 0.15) is 91.9 Å². The predicted molar refractivity (Wildman–Crippen MR) is 133 cm³/mol. The average molecular weight is 477 g/mol. The van der Waals surface area contributed by atoms with E-state index in [1.807, 2.05) is 4.90 Å². The van der Waals surface area contributed by atoms with Gasteiger partial charge in [-0.25, -0.2) is 0 Å². The van der Waals surface area contributed by atoms with Gasteiger partial charge in [-0.05, 0) is 104 Å². The fourth-order valence-electron chi connectivity index (χ4n) is 9.05. The summed E-state index contributed by atoms with van der Waals surface area (Å²) in [5.74, 6) is 2.11. The number of aliphatic carboxylic acids is 1. The van der Waals surface area contributed by atoms with Gasteiger partial charge in [0.15, 0.2) is 0 Å². The van der Waals surface area contributed by atoms with E-state index >= 15 is 0 Å². The van der Waals surface area contributed by atoms with E-state index in [0.29, 0.717) is 35.5 Å². The summed E-state index contributed by atoms with van der Waals surface area (Å²) in [6.07, 6.45) is 8.93. The van der Waals surface area contributed by atoms with Crippen LogP contribution in [0, 0.1) is 46.3 Å². The molecule has 4 N–H and O–H groups in total. The second-order valence-electron chi connectivity index (χ2n) is 13.2. The molecule has 0 radical (unpaired) electrons. The van der Waals surface area contributed by atoms with Crippen LogP contribution in [0.5, 0.6) is 0 Å². The quantitative estimate of drug-likeness (QED) is 0.508. The van der Waals surface area contributed by atoms with Crippen LogP contribution in [0.3, 0.4) is 0 Å². The number of fused-ring (bicyclic) bond motifs is 5. The van der Waals surface area contributed by atoms with E-state index in [9.17, 15) is 14.7 Å². The Morgan fingerprint density at radius 2 is 1.79 bits per heavy atom. The number of aliphatic hydroxyl groups is 1. The molecule has 3 saturated carbocycles. The number of hydrogen-bond donors (Lipinski definition) is 3. The number of nitrogens with zero attached hydrogens (tertiary/aromatic N) is 1. The lowest BCUT2D eigenvalue weighted by Gasteiger charge is -2.62. The number of carboxylic acid groups (broad SMARTS) is 1. The van der Waals surface area contributed by atoms with Gasteiger partial charge in [-0.15, -0.1) is 0 Å². The van der Waals surface area contributed by atoms with Crippen LogP contribution in [0.15, 0.2) is 0 Å². The lowest BCUT2D eigenvalue weighted by atomic mass is 9.45. The SMILES string of the molecule is CC(C)CC(N)C(=O)N1CCC2(C)C(CC(O)C3C4CCC(CCCC(=O)O)C4(C)CCC32)C1. The Bertz CT molecular complexity index is 772. The maximum atomic E-state index is 13.0. The van der Waals surface area contributed by atoms with Crippen molar-refractivity contribution in [1.29, 1.82) is 0 Å². The Hall–Kier alpha value is -1.14. The van der Waals surface area contributed by atoms with Crippen molar-refractivity contribution in [2.75, 3.05) is 13.1 Å². The fourth-order valence-corrected chi connectivity index (χ4v) is 9.05. The Morgan fingerprint density at radius 1 is 1.09 bits per heavy atom. The molecular formula is C28H48N2O4. The van der Waals surface area contributed by atoms with Gasteiger partial charge in [-0.1, -0.05) is 27.7 Å². The molecule has 0 aromatic carbocycles. The van der Waals surface area contributed by atoms with Crippen LogP contribution in [-0.2, 0) is 9.59 Å². The summed E-state index contributed by atoms with van der Waals surface area (Å²) in [5.41, 5.74) is 6.65. The van der Waals surface area contributed by atoms with Gasteiger partial charge in [0.25, 0.3) is 0 Å². The van der Waals surface area contributed by atoms with Gasteiger partial charge in [0.1, 0.15) is 0 Å². The first-order chi connectivity index (χ1) is 16.0. The van der Waals surface area contributed by atoms with Gasteiger partial charge >= 0.3 is 5.97 Å². The lowest BCUT2D eigenvalue weighted by Crippen LogP contribution is -2.62. The largest absolute Gasteiger partial charge is 0.481 e. The van der Waals surface area contributed by atoms with Crippen molar-refractivity contribution in [3.05, 3.63) is 0 Å². The molecule has 6 heteroatoms. The van der Waals surface area contributed by atoms with Gasteiger partial charge in [-0.2, -0.15) is 0 Å². The minimum absolute atomic E-state index is 0.0866. The molecule has 9 unspecified atom stereocenters. The predicted octanol–water partition coefficient (Wildman–Crippen LogP) is 4.29. The third kappa shape index (κ3) is 4.54. The summed E-state index contributed by atoms with van der Waals surface area (Å²) in [6, 6.07) is -0.419. The van der Waals surface area contributed by atoms with Gasteiger partial charge in [0, 0.05) is 19.5 Å². The molecule has 194 valence electrons. The summed E-state index contributed by atoms with van der Waals surface area (Å²) in [4.78, 5) is 26.0. The molecule has 4 fully saturated rings. The average Bonchev–Trinajstić information content (AvgIpc) is 3.09. The molecule has 4 rings (SSSR count). The summed E-state index contributed by atoms with van der Waals surface area (Å²) in [7, 11) is 0. The summed E-state index contributed by atoms with van der Waals surface area (Å²) in [5, 5.41) is 20.6. The van der Waals surface area contributed by atoms with E-state index in [4.69, 9.17) is 10.8 Å². The van der Waals surface area contributed by atoms with Crippen LogP contribution >= 0.6 is 0 Å². The van der Waals surface area contributed by atoms with Crippen LogP contribution in [0.25, 0.3) is 0 Å². The highest BCUT2D eigenvalue weighted by Crippen LogP contribution is 2.67. The summed E-state index contributed by atoms with van der Waals surface area (Å²) < 4.78 is 0. The maximum absolute atomic E-state index is 13.0. The second kappa shape index (κ2) is 9.72. The highest BCUT2D eigenvalue weighted by atomic mass is 16.4. The van der Waals surface area contributed by atoms with E-state index in [1.54, 1.807) is 0 Å². The molecule has 0 aromatic heterocycles. The van der Waals surface area contributed by atoms with E-state index in [1.165, 1.54) is 19.3 Å². The van der Waals surface area contributed by atoms with E-state index in [2.05, 4.69) is 27.7 Å². The molecule has 1 saturated heterocycles. The Kier molecular flexibility index (Phi) is 7.42. The Balaban J connectivity index is 1.46. The molecule has 9 atom stereocenters. The third-order valence-electron chi connectivity index (χ3n) is 10.9. The van der Waals surface area contributed by atoms with Crippen molar-refractivity contribution in [1.82, 2.24) is 4.90 Å². The minimum Gasteiger partial charge on any atom is -0.481 e. The number of amides is 1. The lowest BCUT2D eigenvalue weighted by molar-refractivity contribution is -0.175. The summed E-state index contributed by atoms with van der Waals surface area (Å²) in [6.45, 7) is 10.6. The van der Waals surface area contributed by atoms with Crippen LogP contribution in [0.2, 0.25) is 0 Å². The maximum Gasteiger partial charge on any atom is 0.303 e.